The fourth-order valence-electron chi connectivity index (χ4n) is 1.50. The van der Waals surface area contributed by atoms with Gasteiger partial charge in [0, 0.05) is 17.7 Å². The van der Waals surface area contributed by atoms with Crippen LogP contribution in [0.15, 0.2) is 29.3 Å². The molecule has 1 aromatic carbocycles. The number of nitro benzene ring substituents is 1. The van der Waals surface area contributed by atoms with Gasteiger partial charge in [0.2, 0.25) is 0 Å². The van der Waals surface area contributed by atoms with E-state index in [0.717, 1.165) is 0 Å². The summed E-state index contributed by atoms with van der Waals surface area (Å²) in [4.78, 5) is 14.3. The van der Waals surface area contributed by atoms with Crippen molar-refractivity contribution in [3.8, 4) is 0 Å². The lowest BCUT2D eigenvalue weighted by atomic mass is 10.1. The van der Waals surface area contributed by atoms with Gasteiger partial charge in [-0.2, -0.15) is 0 Å². The largest absolute Gasteiger partial charge is 0.394 e. The van der Waals surface area contributed by atoms with Crippen LogP contribution in [-0.2, 0) is 0 Å². The average molecular weight is 267 g/mol. The Kier molecular flexibility index (Phi) is 5.40. The van der Waals surface area contributed by atoms with Crippen molar-refractivity contribution in [2.75, 3.05) is 6.61 Å². The first-order valence-electron chi connectivity index (χ1n) is 5.83. The first-order valence-corrected chi connectivity index (χ1v) is 5.83. The molecule has 0 aliphatic heterocycles. The SMILES string of the molecule is CC(C)C(CO)N=C(NO)c1cccc([N+](=O)[O-])c1. The minimum Gasteiger partial charge on any atom is -0.394 e. The molecule has 7 heteroatoms. The van der Waals surface area contributed by atoms with E-state index in [2.05, 4.69) is 4.99 Å². The van der Waals surface area contributed by atoms with E-state index in [1.807, 2.05) is 19.3 Å². The fourth-order valence-corrected chi connectivity index (χ4v) is 1.50. The predicted molar refractivity (Wildman–Crippen MR) is 70.3 cm³/mol. The third kappa shape index (κ3) is 4.01. The van der Waals surface area contributed by atoms with Crippen molar-refractivity contribution in [3.63, 3.8) is 0 Å². The van der Waals surface area contributed by atoms with E-state index < -0.39 is 11.0 Å². The van der Waals surface area contributed by atoms with Gasteiger partial charge in [0.15, 0.2) is 5.84 Å². The number of nitrogens with one attached hydrogen (secondary N) is 1. The van der Waals surface area contributed by atoms with Crippen LogP contribution < -0.4 is 5.48 Å². The van der Waals surface area contributed by atoms with Crippen molar-refractivity contribution in [2.24, 2.45) is 10.9 Å². The smallest absolute Gasteiger partial charge is 0.270 e. The zero-order valence-electron chi connectivity index (χ0n) is 10.8. The number of nitrogens with zero attached hydrogens (tertiary/aromatic N) is 2. The van der Waals surface area contributed by atoms with Crippen molar-refractivity contribution in [3.05, 3.63) is 39.9 Å². The summed E-state index contributed by atoms with van der Waals surface area (Å²) in [6.07, 6.45) is 0. The quantitative estimate of drug-likeness (QED) is 0.323. The second-order valence-electron chi connectivity index (χ2n) is 4.39. The van der Waals surface area contributed by atoms with Gasteiger partial charge in [-0.05, 0) is 5.92 Å². The van der Waals surface area contributed by atoms with Crippen molar-refractivity contribution >= 4 is 11.5 Å². The highest BCUT2D eigenvalue weighted by molar-refractivity contribution is 5.98. The summed E-state index contributed by atoms with van der Waals surface area (Å²) in [7, 11) is 0. The number of nitro groups is 1. The second kappa shape index (κ2) is 6.81. The Morgan fingerprint density at radius 3 is 2.68 bits per heavy atom. The van der Waals surface area contributed by atoms with Gasteiger partial charge in [0.05, 0.1) is 17.6 Å². The Morgan fingerprint density at radius 1 is 1.53 bits per heavy atom. The van der Waals surface area contributed by atoms with E-state index in [1.54, 1.807) is 6.07 Å². The third-order valence-electron chi connectivity index (χ3n) is 2.69. The highest BCUT2D eigenvalue weighted by Crippen LogP contribution is 2.14. The van der Waals surface area contributed by atoms with Crippen LogP contribution >= 0.6 is 0 Å². The Hall–Kier alpha value is -1.99. The van der Waals surface area contributed by atoms with E-state index in [1.165, 1.54) is 18.2 Å². The van der Waals surface area contributed by atoms with Crippen molar-refractivity contribution in [1.82, 2.24) is 5.48 Å². The molecule has 0 spiro atoms. The molecule has 0 saturated heterocycles. The lowest BCUT2D eigenvalue weighted by Crippen LogP contribution is -2.27. The Labute approximate surface area is 110 Å². The molecular formula is C12H17N3O4. The summed E-state index contributed by atoms with van der Waals surface area (Å²) in [6, 6.07) is 5.35. The van der Waals surface area contributed by atoms with E-state index in [9.17, 15) is 15.2 Å². The molecule has 104 valence electrons. The Bertz CT molecular complexity index is 474. The molecule has 0 radical (unpaired) electrons. The van der Waals surface area contributed by atoms with Gasteiger partial charge in [-0.1, -0.05) is 26.0 Å². The zero-order chi connectivity index (χ0) is 14.4. The lowest BCUT2D eigenvalue weighted by Gasteiger charge is -2.15. The number of non-ortho nitro benzene ring substituents is 1. The summed E-state index contributed by atoms with van der Waals surface area (Å²) in [6.45, 7) is 3.59. The van der Waals surface area contributed by atoms with Crippen molar-refractivity contribution < 1.29 is 15.2 Å². The molecule has 0 heterocycles. The number of aliphatic hydroxyl groups is 1. The van der Waals surface area contributed by atoms with Crippen LogP contribution in [0.25, 0.3) is 0 Å². The fraction of sp³-hybridized carbons (Fsp3) is 0.417. The standard InChI is InChI=1S/C12H17N3O4/c1-8(2)11(7-16)13-12(14-17)9-4-3-5-10(6-9)15(18)19/h3-6,8,11,16-17H,7H2,1-2H3,(H,13,14). The van der Waals surface area contributed by atoms with Crippen LogP contribution in [0, 0.1) is 16.0 Å². The molecule has 1 aromatic rings. The molecule has 19 heavy (non-hydrogen) atoms. The molecule has 7 nitrogen and oxygen atoms in total. The monoisotopic (exact) mass is 267 g/mol. The highest BCUT2D eigenvalue weighted by Gasteiger charge is 2.14. The van der Waals surface area contributed by atoms with Crippen LogP contribution in [-0.4, -0.2) is 33.7 Å². The maximum absolute atomic E-state index is 10.7. The van der Waals surface area contributed by atoms with Gasteiger partial charge < -0.3 is 5.11 Å². The van der Waals surface area contributed by atoms with E-state index in [4.69, 9.17) is 5.21 Å². The van der Waals surface area contributed by atoms with Gasteiger partial charge in [-0.15, -0.1) is 0 Å². The average Bonchev–Trinajstić information content (AvgIpc) is 2.39. The molecule has 0 aliphatic carbocycles. The first kappa shape index (κ1) is 15.1. The maximum Gasteiger partial charge on any atom is 0.270 e. The summed E-state index contributed by atoms with van der Waals surface area (Å²) in [5.74, 6) is 0.170. The second-order valence-corrected chi connectivity index (χ2v) is 4.39. The minimum absolute atomic E-state index is 0.0760. The van der Waals surface area contributed by atoms with Crippen LogP contribution in [0.3, 0.4) is 0 Å². The molecule has 3 N–H and O–H groups in total. The molecule has 1 rings (SSSR count). The highest BCUT2D eigenvalue weighted by atomic mass is 16.6. The third-order valence-corrected chi connectivity index (χ3v) is 2.69. The first-order chi connectivity index (χ1) is 8.99. The molecular weight excluding hydrogens is 250 g/mol. The number of rotatable bonds is 5. The normalized spacial score (nSPS) is 13.4. The molecule has 0 aromatic heterocycles. The number of hydrogen-bond acceptors (Lipinski definition) is 5. The molecule has 0 amide bonds. The predicted octanol–water partition coefficient (Wildman–Crippen LogP) is 1.34. The molecule has 1 unspecified atom stereocenters. The van der Waals surface area contributed by atoms with Crippen molar-refractivity contribution in [1.29, 1.82) is 0 Å². The number of hydrogen-bond donors (Lipinski definition) is 3. The summed E-state index contributed by atoms with van der Waals surface area (Å²) >= 11 is 0. The Morgan fingerprint density at radius 2 is 2.21 bits per heavy atom. The van der Waals surface area contributed by atoms with Crippen molar-refractivity contribution in [2.45, 2.75) is 19.9 Å². The van der Waals surface area contributed by atoms with Crippen LogP contribution in [0.5, 0.6) is 0 Å². The summed E-state index contributed by atoms with van der Waals surface area (Å²) in [5.41, 5.74) is 2.21. The van der Waals surface area contributed by atoms with E-state index in [-0.39, 0.29) is 24.0 Å². The lowest BCUT2D eigenvalue weighted by molar-refractivity contribution is -0.384. The van der Waals surface area contributed by atoms with Crippen LogP contribution in [0.4, 0.5) is 5.69 Å². The van der Waals surface area contributed by atoms with E-state index >= 15 is 0 Å². The molecule has 0 fully saturated rings. The van der Waals surface area contributed by atoms with Crippen LogP contribution in [0.1, 0.15) is 19.4 Å². The van der Waals surface area contributed by atoms with Gasteiger partial charge in [0.25, 0.3) is 5.69 Å². The number of benzene rings is 1. The number of aliphatic imine (C=N–C) groups is 1. The van der Waals surface area contributed by atoms with E-state index in [0.29, 0.717) is 5.56 Å². The molecule has 0 aliphatic rings. The summed E-state index contributed by atoms with van der Waals surface area (Å²) < 4.78 is 0. The maximum atomic E-state index is 10.7. The molecule has 1 atom stereocenters. The van der Waals surface area contributed by atoms with Gasteiger partial charge in [-0.3, -0.25) is 25.8 Å². The topological polar surface area (TPSA) is 108 Å². The van der Waals surface area contributed by atoms with Crippen LogP contribution in [0.2, 0.25) is 0 Å². The molecule has 0 saturated carbocycles. The van der Waals surface area contributed by atoms with Gasteiger partial charge in [-0.25, -0.2) is 0 Å². The number of aliphatic hydroxyl groups excluding tert-OH is 1. The number of hydroxylamine groups is 1. The number of amidine groups is 1. The minimum atomic E-state index is -0.523. The Balaban J connectivity index is 3.12. The van der Waals surface area contributed by atoms with Gasteiger partial charge >= 0.3 is 0 Å². The molecule has 0 bridgehead atoms. The van der Waals surface area contributed by atoms with Gasteiger partial charge in [0.1, 0.15) is 0 Å². The summed E-state index contributed by atoms with van der Waals surface area (Å²) in [5, 5.41) is 29.0. The zero-order valence-corrected chi connectivity index (χ0v) is 10.8.